The number of carbonyl (C=O) groups excluding carboxylic acids is 6. The number of rotatable bonds is 20. The van der Waals surface area contributed by atoms with E-state index >= 15 is 19.2 Å². The molecule has 2 heterocycles. The first-order valence-electron chi connectivity index (χ1n) is 42.4. The number of allylic oxidation sites excluding steroid dienone is 2. The Morgan fingerprint density at radius 2 is 0.833 bits per heavy atom. The van der Waals surface area contributed by atoms with Gasteiger partial charge in [-0.25, -0.2) is 9.59 Å². The minimum absolute atomic E-state index is 0.0155. The van der Waals surface area contributed by atoms with Crippen molar-refractivity contribution in [2.24, 2.45) is 92.7 Å². The predicted molar refractivity (Wildman–Crippen MR) is 432 cm³/mol. The molecule has 6 fully saturated rings. The summed E-state index contributed by atoms with van der Waals surface area (Å²) < 4.78 is 12.5. The lowest BCUT2D eigenvalue weighted by Crippen LogP contribution is -2.51. The second-order valence-electron chi connectivity index (χ2n) is 37.7. The van der Waals surface area contributed by atoms with Gasteiger partial charge < -0.3 is 20.1 Å². The standard InChI is InChI=1S/C96H116N4O8/c1-55(2)19-17-21-57(5)75-35-37-77-65-29-27-61-51-63(39-43-93(61,7)79(65)41-45-95(75,77)9)107-91(105)97-47-49-99-87(101)69-33-31-67-82-72(60-25-15-12-16-26-60)54-74-84-70(34-32-68(86(82)84)81-71(59-23-13-11-14-24-59)53-73(89(99)103)83(69)85(67)81)88(102)100(90(74)104)50-48-98-92(106)108-64-40-44-94(8)62(52-64)28-30-66-78-38-36-76(58(6)22-18-20-56(3)4)96(78,10)46-42-80(66)94/h11-16,23-28,31-34,53-58,63-66,75-80H,17-22,29-30,35-52H2,1-10H3,(H,97,105)(H,98,106)/t57-,58-,63?,64?,65+,66+,75-,76-,77+,78+,79+,80+,93+,94+,95-,96-/m1/s1. The van der Waals surface area contributed by atoms with Crippen molar-refractivity contribution in [1.29, 1.82) is 0 Å². The fraction of sp³-hybridized carbons (Fsp3) is 0.562. The van der Waals surface area contributed by atoms with E-state index in [2.05, 4.69) is 92.0 Å². The van der Waals surface area contributed by atoms with Gasteiger partial charge in [0.25, 0.3) is 23.6 Å². The molecular formula is C96H116N4O8. The number of fused-ring (bicyclic) bond motifs is 12. The summed E-state index contributed by atoms with van der Waals surface area (Å²) in [5, 5.41) is 11.6. The maximum Gasteiger partial charge on any atom is 0.407 e. The molecule has 12 nitrogen and oxygen atoms in total. The maximum absolute atomic E-state index is 15.4. The Bertz CT molecular complexity index is 4500. The van der Waals surface area contributed by atoms with Crippen LogP contribution in [0.2, 0.25) is 0 Å². The molecule has 7 aromatic carbocycles. The average Bonchev–Trinajstić information content (AvgIpc) is 0.791. The van der Waals surface area contributed by atoms with Crippen LogP contribution in [0.4, 0.5) is 9.59 Å². The van der Waals surface area contributed by atoms with E-state index in [1.165, 1.54) is 111 Å². The van der Waals surface area contributed by atoms with Gasteiger partial charge in [-0.15, -0.1) is 0 Å². The first kappa shape index (κ1) is 73.0. The number of carbonyl (C=O) groups is 6. The van der Waals surface area contributed by atoms with Crippen molar-refractivity contribution >= 4 is 78.9 Å². The molecule has 6 saturated carbocycles. The van der Waals surface area contributed by atoms with E-state index in [1.807, 2.05) is 97.1 Å². The SMILES string of the molecule is CC(C)CCC[C@@H](C)[C@H]1CC[C@H]2[C@@H]3CC=C4CC(OC(=O)NCCN5C(=O)c6ccc7c8c(-c9ccccc9)cc9c%10c(ccc(c%11c(-c%12ccccc%12)cc(c6c7%11)C5=O)c%108)C(=O)N(CCNC(=O)OC5CC[C@@]6(C)C(=CC[C@H]7[C@@H]8CC[C@H]([C@H](C)CCCC(C)C)[C@@]8(C)CC[C@@H]76)C5)C9=O)CC[C@]4(C)[C@H]3CC[C@]12C. The molecule has 0 spiro atoms. The molecule has 16 atom stereocenters. The van der Waals surface area contributed by atoms with E-state index in [0.29, 0.717) is 67.5 Å². The summed E-state index contributed by atoms with van der Waals surface area (Å²) in [6.45, 7) is 24.7. The number of ether oxygens (including phenoxy) is 2. The number of nitrogens with zero attached hydrogens (tertiary/aromatic N) is 2. The molecule has 568 valence electrons. The number of hydrogen-bond donors (Lipinski definition) is 2. The molecule has 0 saturated heterocycles. The van der Waals surface area contributed by atoms with Gasteiger partial charge in [0.15, 0.2) is 0 Å². The Kier molecular flexibility index (Phi) is 19.0. The highest BCUT2D eigenvalue weighted by atomic mass is 16.6. The van der Waals surface area contributed by atoms with E-state index in [9.17, 15) is 9.59 Å². The highest BCUT2D eigenvalue weighted by Gasteiger charge is 2.61. The normalized spacial score (nSPS) is 31.1. The monoisotopic (exact) mass is 1450 g/mol. The topological polar surface area (TPSA) is 151 Å². The number of amides is 6. The van der Waals surface area contributed by atoms with Gasteiger partial charge in [-0.3, -0.25) is 29.0 Å². The molecule has 2 aliphatic heterocycles. The molecule has 0 bridgehead atoms. The molecule has 17 rings (SSSR count). The van der Waals surface area contributed by atoms with Gasteiger partial charge in [0.05, 0.1) is 0 Å². The molecule has 6 amide bonds. The van der Waals surface area contributed by atoms with Crippen molar-refractivity contribution in [2.45, 2.75) is 223 Å². The quantitative estimate of drug-likeness (QED) is 0.0331. The first-order chi connectivity index (χ1) is 52.0. The van der Waals surface area contributed by atoms with Crippen molar-refractivity contribution < 1.29 is 38.2 Å². The third-order valence-electron chi connectivity index (χ3n) is 31.5. The van der Waals surface area contributed by atoms with Crippen LogP contribution in [0.5, 0.6) is 0 Å². The lowest BCUT2D eigenvalue weighted by atomic mass is 9.47. The van der Waals surface area contributed by atoms with Crippen LogP contribution in [0.15, 0.2) is 120 Å². The van der Waals surface area contributed by atoms with E-state index < -0.39 is 35.8 Å². The zero-order valence-corrected chi connectivity index (χ0v) is 66.0. The summed E-state index contributed by atoms with van der Waals surface area (Å²) in [6, 6.07) is 31.2. The Morgan fingerprint density at radius 3 is 1.23 bits per heavy atom. The zero-order chi connectivity index (χ0) is 75.0. The molecule has 2 N–H and O–H groups in total. The van der Waals surface area contributed by atoms with Crippen LogP contribution in [-0.4, -0.2) is 84.0 Å². The highest BCUT2D eigenvalue weighted by Crippen LogP contribution is 2.70. The van der Waals surface area contributed by atoms with Crippen LogP contribution in [0, 0.1) is 92.7 Å². The van der Waals surface area contributed by atoms with E-state index in [0.717, 1.165) is 153 Å². The fourth-order valence-corrected chi connectivity index (χ4v) is 26.1. The van der Waals surface area contributed by atoms with Crippen LogP contribution in [0.25, 0.3) is 65.3 Å². The second kappa shape index (κ2) is 28.2. The van der Waals surface area contributed by atoms with Gasteiger partial charge in [0.2, 0.25) is 0 Å². The predicted octanol–water partition coefficient (Wildman–Crippen LogP) is 22.5. The summed E-state index contributed by atoms with van der Waals surface area (Å²) in [5.74, 6) is 7.19. The minimum atomic E-state index is -0.539. The summed E-state index contributed by atoms with van der Waals surface area (Å²) in [5.41, 5.74) is 8.70. The molecule has 0 radical (unpaired) electrons. The number of alkyl carbamates (subject to hydrolysis) is 2. The Labute approximate surface area is 640 Å². The third-order valence-corrected chi connectivity index (χ3v) is 31.5. The Hall–Kier alpha value is -7.86. The number of nitrogens with one attached hydrogen (secondary N) is 2. The Balaban J connectivity index is 0.587. The van der Waals surface area contributed by atoms with Crippen LogP contribution < -0.4 is 10.6 Å². The Morgan fingerprint density at radius 1 is 0.435 bits per heavy atom. The summed E-state index contributed by atoms with van der Waals surface area (Å²) in [4.78, 5) is 91.2. The molecule has 108 heavy (non-hydrogen) atoms. The maximum atomic E-state index is 15.4. The third kappa shape index (κ3) is 12.0. The van der Waals surface area contributed by atoms with Crippen molar-refractivity contribution in [3.8, 4) is 22.3 Å². The fourth-order valence-electron chi connectivity index (χ4n) is 26.1. The molecular weight excluding hydrogens is 1340 g/mol. The van der Waals surface area contributed by atoms with Gasteiger partial charge in [-0.05, 0) is 261 Å². The number of hydrogen-bond acceptors (Lipinski definition) is 8. The molecule has 7 aromatic rings. The van der Waals surface area contributed by atoms with E-state index in [-0.39, 0.29) is 49.2 Å². The van der Waals surface area contributed by atoms with Crippen LogP contribution >= 0.6 is 0 Å². The lowest BCUT2D eigenvalue weighted by Gasteiger charge is -2.58. The van der Waals surface area contributed by atoms with Gasteiger partial charge in [-0.2, -0.15) is 0 Å². The largest absolute Gasteiger partial charge is 0.446 e. The van der Waals surface area contributed by atoms with Gasteiger partial charge >= 0.3 is 12.2 Å². The smallest absolute Gasteiger partial charge is 0.407 e. The van der Waals surface area contributed by atoms with Gasteiger partial charge in [0, 0.05) is 72.0 Å². The summed E-state index contributed by atoms with van der Waals surface area (Å²) in [7, 11) is 0. The van der Waals surface area contributed by atoms with Crippen molar-refractivity contribution in [2.75, 3.05) is 26.2 Å². The van der Waals surface area contributed by atoms with Crippen molar-refractivity contribution in [3.05, 3.63) is 143 Å². The number of benzene rings is 7. The van der Waals surface area contributed by atoms with Gasteiger partial charge in [0.1, 0.15) is 12.2 Å². The summed E-state index contributed by atoms with van der Waals surface area (Å²) in [6.07, 6.45) is 29.5. The molecule has 12 heteroatoms. The number of imide groups is 2. The first-order valence-corrected chi connectivity index (χ1v) is 42.4. The van der Waals surface area contributed by atoms with Crippen molar-refractivity contribution in [1.82, 2.24) is 20.4 Å². The lowest BCUT2D eigenvalue weighted by molar-refractivity contribution is -0.0581. The van der Waals surface area contributed by atoms with Crippen LogP contribution in [-0.2, 0) is 9.47 Å². The van der Waals surface area contributed by atoms with Crippen molar-refractivity contribution in [3.63, 3.8) is 0 Å². The van der Waals surface area contributed by atoms with Crippen LogP contribution in [0.3, 0.4) is 0 Å². The second-order valence-corrected chi connectivity index (χ2v) is 37.7. The van der Waals surface area contributed by atoms with Gasteiger partial charge in [-0.1, -0.05) is 204 Å². The highest BCUT2D eigenvalue weighted by molar-refractivity contribution is 6.44. The van der Waals surface area contributed by atoms with E-state index in [1.54, 1.807) is 0 Å². The zero-order valence-electron chi connectivity index (χ0n) is 66.0. The molecule has 2 unspecified atom stereocenters. The molecule has 0 aromatic heterocycles. The van der Waals surface area contributed by atoms with E-state index in [4.69, 9.17) is 9.47 Å². The molecule has 8 aliphatic carbocycles. The van der Waals surface area contributed by atoms with Crippen LogP contribution in [0.1, 0.15) is 252 Å². The summed E-state index contributed by atoms with van der Waals surface area (Å²) >= 11 is 0. The molecule has 10 aliphatic rings. The minimum Gasteiger partial charge on any atom is -0.446 e. The average molecular weight is 1450 g/mol.